The summed E-state index contributed by atoms with van der Waals surface area (Å²) in [7, 11) is 1.79. The Morgan fingerprint density at radius 3 is 2.55 bits per heavy atom. The lowest BCUT2D eigenvalue weighted by Gasteiger charge is -2.35. The third kappa shape index (κ3) is 4.18. The van der Waals surface area contributed by atoms with Crippen LogP contribution < -0.4 is 4.90 Å². The highest BCUT2D eigenvalue weighted by Crippen LogP contribution is 2.32. The van der Waals surface area contributed by atoms with Crippen LogP contribution in [0.5, 0.6) is 0 Å². The van der Waals surface area contributed by atoms with Crippen molar-refractivity contribution in [3.8, 4) is 0 Å². The summed E-state index contributed by atoms with van der Waals surface area (Å²) in [6.45, 7) is 0.159. The number of benzene rings is 2. The zero-order valence-electron chi connectivity index (χ0n) is 17.1. The van der Waals surface area contributed by atoms with Crippen LogP contribution in [0.2, 0.25) is 0 Å². The standard InChI is InChI=1S/C23H24F3N3O2/c1-27-12-21(26)22(13-27)29(17-5-3-2-4-6-17)23(31)28-11-15(9-18(28)14-30)19-10-16(24)7-8-20(19)25/h2-10,18,21-22,30H,11-14H2,1H3/t18-,21+,22-/m0/s1. The first-order valence-electron chi connectivity index (χ1n) is 10.1. The molecule has 5 nitrogen and oxygen atoms in total. The average Bonchev–Trinajstić information content (AvgIpc) is 3.33. The number of alkyl halides is 1. The van der Waals surface area contributed by atoms with Crippen LogP contribution in [0.4, 0.5) is 23.7 Å². The predicted octanol–water partition coefficient (Wildman–Crippen LogP) is 3.30. The Morgan fingerprint density at radius 2 is 1.90 bits per heavy atom. The zero-order valence-corrected chi connectivity index (χ0v) is 17.1. The van der Waals surface area contributed by atoms with Gasteiger partial charge in [0, 0.05) is 30.9 Å². The fraction of sp³-hybridized carbons (Fsp3) is 0.348. The molecule has 2 aromatic rings. The number of hydrogen-bond donors (Lipinski definition) is 1. The molecule has 4 rings (SSSR count). The molecule has 0 radical (unpaired) electrons. The van der Waals surface area contributed by atoms with Crippen LogP contribution in [0.25, 0.3) is 5.57 Å². The minimum atomic E-state index is -1.24. The number of halogens is 3. The van der Waals surface area contributed by atoms with Crippen LogP contribution in [0.15, 0.2) is 54.6 Å². The lowest BCUT2D eigenvalue weighted by molar-refractivity contribution is 0.168. The quantitative estimate of drug-likeness (QED) is 0.808. The lowest BCUT2D eigenvalue weighted by Crippen LogP contribution is -2.54. The summed E-state index contributed by atoms with van der Waals surface area (Å²) >= 11 is 0. The summed E-state index contributed by atoms with van der Waals surface area (Å²) in [6, 6.07) is 10.0. The van der Waals surface area contributed by atoms with Gasteiger partial charge in [-0.3, -0.25) is 4.90 Å². The van der Waals surface area contributed by atoms with Crippen molar-refractivity contribution in [3.63, 3.8) is 0 Å². The van der Waals surface area contributed by atoms with Gasteiger partial charge in [-0.05, 0) is 43.0 Å². The minimum Gasteiger partial charge on any atom is -0.394 e. The second kappa shape index (κ2) is 8.72. The second-order valence-electron chi connectivity index (χ2n) is 7.99. The number of aliphatic hydroxyl groups excluding tert-OH is 1. The molecule has 0 unspecified atom stereocenters. The van der Waals surface area contributed by atoms with E-state index in [2.05, 4.69) is 0 Å². The highest BCUT2D eigenvalue weighted by Gasteiger charge is 2.42. The van der Waals surface area contributed by atoms with Crippen molar-refractivity contribution in [2.75, 3.05) is 38.2 Å². The number of nitrogens with zero attached hydrogens (tertiary/aromatic N) is 3. The van der Waals surface area contributed by atoms with Crippen molar-refractivity contribution in [1.29, 1.82) is 0 Å². The molecule has 0 saturated carbocycles. The smallest absolute Gasteiger partial charge is 0.325 e. The van der Waals surface area contributed by atoms with Crippen molar-refractivity contribution < 1.29 is 23.1 Å². The maximum atomic E-state index is 14.8. The van der Waals surface area contributed by atoms with E-state index in [-0.39, 0.29) is 18.7 Å². The van der Waals surface area contributed by atoms with E-state index in [1.54, 1.807) is 43.5 Å². The Kier molecular flexibility index (Phi) is 6.02. The molecule has 2 aromatic carbocycles. The largest absolute Gasteiger partial charge is 0.394 e. The number of carbonyl (C=O) groups is 1. The Balaban J connectivity index is 1.66. The van der Waals surface area contributed by atoms with Crippen LogP contribution in [-0.4, -0.2) is 72.5 Å². The number of rotatable bonds is 4. The van der Waals surface area contributed by atoms with E-state index in [9.17, 15) is 23.1 Å². The van der Waals surface area contributed by atoms with Crippen molar-refractivity contribution in [3.05, 3.63) is 71.8 Å². The van der Waals surface area contributed by atoms with Gasteiger partial charge in [-0.25, -0.2) is 18.0 Å². The van der Waals surface area contributed by atoms with E-state index in [0.29, 0.717) is 17.8 Å². The topological polar surface area (TPSA) is 47.0 Å². The first kappa shape index (κ1) is 21.4. The summed E-state index contributed by atoms with van der Waals surface area (Å²) in [5.41, 5.74) is 0.985. The lowest BCUT2D eigenvalue weighted by atomic mass is 10.1. The molecule has 0 bridgehead atoms. The second-order valence-corrected chi connectivity index (χ2v) is 7.99. The molecule has 0 aliphatic carbocycles. The maximum Gasteiger partial charge on any atom is 0.325 e. The van der Waals surface area contributed by atoms with Crippen LogP contribution in [0, 0.1) is 11.6 Å². The molecule has 31 heavy (non-hydrogen) atoms. The first-order valence-corrected chi connectivity index (χ1v) is 10.1. The molecular formula is C23H24F3N3O2. The Hall–Kier alpha value is -2.84. The van der Waals surface area contributed by atoms with Gasteiger partial charge in [0.1, 0.15) is 17.8 Å². The summed E-state index contributed by atoms with van der Waals surface area (Å²) in [6.07, 6.45) is 0.324. The van der Waals surface area contributed by atoms with Gasteiger partial charge in [0.15, 0.2) is 0 Å². The predicted molar refractivity (Wildman–Crippen MR) is 112 cm³/mol. The van der Waals surface area contributed by atoms with E-state index >= 15 is 0 Å². The van der Waals surface area contributed by atoms with E-state index in [4.69, 9.17) is 0 Å². The van der Waals surface area contributed by atoms with Gasteiger partial charge < -0.3 is 14.9 Å². The van der Waals surface area contributed by atoms with Crippen molar-refractivity contribution in [1.82, 2.24) is 9.80 Å². The number of amides is 2. The zero-order chi connectivity index (χ0) is 22.1. The number of anilines is 1. The number of likely N-dealkylation sites (N-methyl/N-ethyl adjacent to an activating group) is 1. The van der Waals surface area contributed by atoms with E-state index < -0.39 is 42.5 Å². The van der Waals surface area contributed by atoms with Crippen LogP contribution in [0.3, 0.4) is 0 Å². The molecule has 0 spiro atoms. The van der Waals surface area contributed by atoms with Crippen molar-refractivity contribution in [2.24, 2.45) is 0 Å². The number of aliphatic hydroxyl groups is 1. The molecule has 1 saturated heterocycles. The molecule has 3 atom stereocenters. The number of urea groups is 1. The van der Waals surface area contributed by atoms with Crippen molar-refractivity contribution >= 4 is 17.3 Å². The Bertz CT molecular complexity index is 985. The number of para-hydroxylation sites is 1. The van der Waals surface area contributed by atoms with Crippen LogP contribution in [-0.2, 0) is 0 Å². The summed E-state index contributed by atoms with van der Waals surface area (Å²) in [5, 5.41) is 9.88. The minimum absolute atomic E-state index is 0.0206. The molecule has 1 fully saturated rings. The van der Waals surface area contributed by atoms with Gasteiger partial charge in [0.05, 0.1) is 18.7 Å². The average molecular weight is 431 g/mol. The SMILES string of the molecule is CN1C[C@@H](F)[C@@H](N(C(=O)N2CC(c3cc(F)ccc3F)=C[C@H]2CO)c2ccccc2)C1. The molecule has 164 valence electrons. The molecule has 2 aliphatic heterocycles. The Labute approximate surface area is 179 Å². The van der Waals surface area contributed by atoms with Gasteiger partial charge in [-0.2, -0.15) is 0 Å². The molecule has 8 heteroatoms. The highest BCUT2D eigenvalue weighted by molar-refractivity contribution is 5.95. The van der Waals surface area contributed by atoms with Gasteiger partial charge in [0.25, 0.3) is 0 Å². The van der Waals surface area contributed by atoms with Crippen LogP contribution in [0.1, 0.15) is 5.56 Å². The summed E-state index contributed by atoms with van der Waals surface area (Å²) in [5.74, 6) is -1.21. The van der Waals surface area contributed by atoms with Crippen molar-refractivity contribution in [2.45, 2.75) is 18.3 Å². The fourth-order valence-electron chi connectivity index (χ4n) is 4.30. The molecule has 2 heterocycles. The summed E-state index contributed by atoms with van der Waals surface area (Å²) in [4.78, 5) is 18.2. The van der Waals surface area contributed by atoms with E-state index in [1.165, 1.54) is 9.80 Å². The van der Waals surface area contributed by atoms with E-state index in [0.717, 1.165) is 18.2 Å². The van der Waals surface area contributed by atoms with Crippen LogP contribution >= 0.6 is 0 Å². The fourth-order valence-corrected chi connectivity index (χ4v) is 4.30. The number of hydrogen-bond acceptors (Lipinski definition) is 3. The van der Waals surface area contributed by atoms with Gasteiger partial charge >= 0.3 is 6.03 Å². The summed E-state index contributed by atoms with van der Waals surface area (Å²) < 4.78 is 42.8. The monoisotopic (exact) mass is 431 g/mol. The molecule has 2 amide bonds. The van der Waals surface area contributed by atoms with E-state index in [1.807, 2.05) is 4.90 Å². The number of carbonyl (C=O) groups excluding carboxylic acids is 1. The van der Waals surface area contributed by atoms with Gasteiger partial charge in [-0.1, -0.05) is 24.3 Å². The third-order valence-corrected chi connectivity index (χ3v) is 5.82. The highest BCUT2D eigenvalue weighted by atomic mass is 19.1. The molecular weight excluding hydrogens is 407 g/mol. The molecule has 1 N–H and O–H groups in total. The molecule has 2 aliphatic rings. The Morgan fingerprint density at radius 1 is 1.16 bits per heavy atom. The van der Waals surface area contributed by atoms with Gasteiger partial charge in [-0.15, -0.1) is 0 Å². The number of likely N-dealkylation sites (tertiary alicyclic amines) is 1. The molecule has 0 aromatic heterocycles. The van der Waals surface area contributed by atoms with Gasteiger partial charge in [0.2, 0.25) is 0 Å². The third-order valence-electron chi connectivity index (χ3n) is 5.82. The normalized spacial score (nSPS) is 23.8. The maximum absolute atomic E-state index is 14.8. The first-order chi connectivity index (χ1) is 14.9.